The Kier molecular flexibility index (Phi) is 12.1. The Morgan fingerprint density at radius 3 is 2.64 bits per heavy atom. The fourth-order valence-corrected chi connectivity index (χ4v) is 2.37. The van der Waals surface area contributed by atoms with Crippen LogP contribution >= 0.6 is 11.6 Å². The number of guanidine groups is 1. The summed E-state index contributed by atoms with van der Waals surface area (Å²) in [7, 11) is 3.43. The number of nitrogens with one attached hydrogen (secondary N) is 2. The molecule has 0 fully saturated rings. The van der Waals surface area contributed by atoms with Gasteiger partial charge in [0.2, 0.25) is 5.91 Å². The number of benzene rings is 1. The summed E-state index contributed by atoms with van der Waals surface area (Å²) in [5.41, 5.74) is 0. The van der Waals surface area contributed by atoms with Gasteiger partial charge in [-0.15, -0.1) is 0 Å². The van der Waals surface area contributed by atoms with Gasteiger partial charge in [-0.25, -0.2) is 4.99 Å². The van der Waals surface area contributed by atoms with Crippen molar-refractivity contribution in [1.29, 1.82) is 0 Å². The third kappa shape index (κ3) is 9.80. The van der Waals surface area contributed by atoms with E-state index in [1.54, 1.807) is 20.2 Å². The maximum Gasteiger partial charge on any atom is 0.243 e. The van der Waals surface area contributed by atoms with Gasteiger partial charge < -0.3 is 25.0 Å². The standard InChI is InChI=1S/C20H33ClN4O3/c1-5-16(28-18-11-8-7-10-17(18)21)14-23-20(22-12-9-13-27-6-2)24-15-19(26)25(3)4/h7-8,10-11,16H,5-6,9,12-15H2,1-4H3,(H2,22,23,24). The minimum atomic E-state index is -0.0834. The van der Waals surface area contributed by atoms with Crippen LogP contribution in [0.25, 0.3) is 0 Å². The molecule has 7 nitrogen and oxygen atoms in total. The Labute approximate surface area is 173 Å². The highest BCUT2D eigenvalue weighted by molar-refractivity contribution is 6.32. The summed E-state index contributed by atoms with van der Waals surface area (Å²) in [6.45, 7) is 6.72. The molecule has 0 heterocycles. The predicted octanol–water partition coefficient (Wildman–Crippen LogP) is 2.55. The molecule has 0 aliphatic carbocycles. The minimum absolute atomic E-state index is 0.0604. The molecule has 28 heavy (non-hydrogen) atoms. The molecule has 0 aromatic heterocycles. The lowest BCUT2D eigenvalue weighted by molar-refractivity contribution is -0.127. The molecular weight excluding hydrogens is 380 g/mol. The van der Waals surface area contributed by atoms with Crippen LogP contribution in [0.1, 0.15) is 26.7 Å². The van der Waals surface area contributed by atoms with Crippen molar-refractivity contribution in [3.8, 4) is 5.75 Å². The van der Waals surface area contributed by atoms with Gasteiger partial charge in [0.25, 0.3) is 0 Å². The van der Waals surface area contributed by atoms with E-state index in [9.17, 15) is 4.79 Å². The number of hydrogen-bond acceptors (Lipinski definition) is 4. The minimum Gasteiger partial charge on any atom is -0.487 e. The lowest BCUT2D eigenvalue weighted by Crippen LogP contribution is -2.43. The van der Waals surface area contributed by atoms with Crippen LogP contribution in [0.5, 0.6) is 5.75 Å². The van der Waals surface area contributed by atoms with Gasteiger partial charge in [-0.1, -0.05) is 30.7 Å². The summed E-state index contributed by atoms with van der Waals surface area (Å²) in [6, 6.07) is 7.41. The highest BCUT2D eigenvalue weighted by Crippen LogP contribution is 2.24. The molecule has 1 aromatic carbocycles. The Hall–Kier alpha value is -1.99. The van der Waals surface area contributed by atoms with Crippen LogP contribution in [0.2, 0.25) is 5.02 Å². The highest BCUT2D eigenvalue weighted by Gasteiger charge is 2.12. The van der Waals surface area contributed by atoms with Gasteiger partial charge in [0.05, 0.1) is 11.6 Å². The second-order valence-electron chi connectivity index (χ2n) is 6.39. The zero-order chi connectivity index (χ0) is 20.8. The summed E-state index contributed by atoms with van der Waals surface area (Å²) >= 11 is 6.18. The first kappa shape index (κ1) is 24.0. The van der Waals surface area contributed by atoms with Gasteiger partial charge >= 0.3 is 0 Å². The Balaban J connectivity index is 2.62. The first-order chi connectivity index (χ1) is 13.5. The average molecular weight is 413 g/mol. The molecule has 1 rings (SSSR count). The van der Waals surface area contributed by atoms with Gasteiger partial charge in [-0.2, -0.15) is 0 Å². The van der Waals surface area contributed by atoms with Crippen LogP contribution in [-0.2, 0) is 9.53 Å². The number of ether oxygens (including phenoxy) is 2. The number of halogens is 1. The van der Waals surface area contributed by atoms with Crippen molar-refractivity contribution in [2.45, 2.75) is 32.8 Å². The van der Waals surface area contributed by atoms with E-state index in [4.69, 9.17) is 21.1 Å². The second kappa shape index (κ2) is 14.1. The molecule has 2 N–H and O–H groups in total. The number of carbonyl (C=O) groups excluding carboxylic acids is 1. The molecule has 0 saturated heterocycles. The fourth-order valence-electron chi connectivity index (χ4n) is 2.19. The van der Waals surface area contributed by atoms with Gasteiger partial charge in [0, 0.05) is 33.9 Å². The number of rotatable bonds is 12. The molecule has 0 bridgehead atoms. The average Bonchev–Trinajstić information content (AvgIpc) is 2.69. The lowest BCUT2D eigenvalue weighted by Gasteiger charge is -2.21. The maximum absolute atomic E-state index is 11.8. The Bertz CT molecular complexity index is 611. The third-order valence-corrected chi connectivity index (χ3v) is 4.23. The summed E-state index contributed by atoms with van der Waals surface area (Å²) in [4.78, 5) is 17.7. The molecule has 1 atom stereocenters. The first-order valence-electron chi connectivity index (χ1n) is 9.69. The van der Waals surface area contributed by atoms with Gasteiger partial charge in [0.15, 0.2) is 5.96 Å². The molecule has 8 heteroatoms. The molecule has 1 amide bonds. The van der Waals surface area contributed by atoms with Crippen molar-refractivity contribution in [1.82, 2.24) is 15.5 Å². The van der Waals surface area contributed by atoms with E-state index < -0.39 is 0 Å². The van der Waals surface area contributed by atoms with Crippen molar-refractivity contribution in [2.24, 2.45) is 4.99 Å². The number of nitrogens with zero attached hydrogens (tertiary/aromatic N) is 2. The number of likely N-dealkylation sites (N-methyl/N-ethyl adjacent to an activating group) is 1. The van der Waals surface area contributed by atoms with E-state index >= 15 is 0 Å². The van der Waals surface area contributed by atoms with Gasteiger partial charge in [-0.3, -0.25) is 4.79 Å². The first-order valence-corrected chi connectivity index (χ1v) is 10.1. The smallest absolute Gasteiger partial charge is 0.243 e. The Morgan fingerprint density at radius 2 is 2.00 bits per heavy atom. The molecule has 0 radical (unpaired) electrons. The normalized spacial score (nSPS) is 12.4. The molecule has 0 aliphatic rings. The quantitative estimate of drug-likeness (QED) is 0.313. The SMILES string of the molecule is CCOCCCNC(=NCC(=O)N(C)C)NCC(CC)Oc1ccccc1Cl. The molecule has 1 unspecified atom stereocenters. The summed E-state index contributed by atoms with van der Waals surface area (Å²) in [5.74, 6) is 1.17. The van der Waals surface area contributed by atoms with E-state index in [0.717, 1.165) is 12.8 Å². The van der Waals surface area contributed by atoms with Crippen molar-refractivity contribution >= 4 is 23.5 Å². The van der Waals surface area contributed by atoms with Crippen molar-refractivity contribution in [3.63, 3.8) is 0 Å². The number of amides is 1. The van der Waals surface area contributed by atoms with E-state index in [1.165, 1.54) is 4.90 Å². The zero-order valence-electron chi connectivity index (χ0n) is 17.3. The van der Waals surface area contributed by atoms with Crippen LogP contribution in [0, 0.1) is 0 Å². The van der Waals surface area contributed by atoms with E-state index in [-0.39, 0.29) is 18.6 Å². The lowest BCUT2D eigenvalue weighted by atomic mass is 10.2. The van der Waals surface area contributed by atoms with E-state index in [0.29, 0.717) is 43.0 Å². The molecule has 0 spiro atoms. The van der Waals surface area contributed by atoms with Crippen molar-refractivity contribution in [3.05, 3.63) is 29.3 Å². The third-order valence-electron chi connectivity index (χ3n) is 3.92. The van der Waals surface area contributed by atoms with Gasteiger partial charge in [0.1, 0.15) is 18.4 Å². The van der Waals surface area contributed by atoms with Crippen LogP contribution in [0.15, 0.2) is 29.3 Å². The van der Waals surface area contributed by atoms with Crippen LogP contribution in [-0.4, -0.2) is 69.8 Å². The van der Waals surface area contributed by atoms with Crippen LogP contribution < -0.4 is 15.4 Å². The summed E-state index contributed by atoms with van der Waals surface area (Å²) in [5, 5.41) is 7.07. The largest absolute Gasteiger partial charge is 0.487 e. The Morgan fingerprint density at radius 1 is 1.25 bits per heavy atom. The molecule has 1 aromatic rings. The highest BCUT2D eigenvalue weighted by atomic mass is 35.5. The molecule has 0 aliphatic heterocycles. The van der Waals surface area contributed by atoms with E-state index in [2.05, 4.69) is 15.6 Å². The van der Waals surface area contributed by atoms with Crippen molar-refractivity contribution < 1.29 is 14.3 Å². The van der Waals surface area contributed by atoms with Gasteiger partial charge in [-0.05, 0) is 31.9 Å². The second-order valence-corrected chi connectivity index (χ2v) is 6.80. The zero-order valence-corrected chi connectivity index (χ0v) is 18.1. The van der Waals surface area contributed by atoms with Crippen molar-refractivity contribution in [2.75, 3.05) is 46.9 Å². The van der Waals surface area contributed by atoms with Crippen LogP contribution in [0.3, 0.4) is 0 Å². The number of hydrogen-bond donors (Lipinski definition) is 2. The molecule has 158 valence electrons. The molecule has 0 saturated carbocycles. The topological polar surface area (TPSA) is 75.2 Å². The fraction of sp³-hybridized carbons (Fsp3) is 0.600. The molecular formula is C20H33ClN4O3. The number of carbonyl (C=O) groups is 1. The monoisotopic (exact) mass is 412 g/mol. The van der Waals surface area contributed by atoms with E-state index in [1.807, 2.05) is 32.0 Å². The number of aliphatic imine (C=N–C) groups is 1. The summed E-state index contributed by atoms with van der Waals surface area (Å²) < 4.78 is 11.3. The summed E-state index contributed by atoms with van der Waals surface area (Å²) in [6.07, 6.45) is 1.57. The number of para-hydroxylation sites is 1. The maximum atomic E-state index is 11.8. The predicted molar refractivity (Wildman–Crippen MR) is 114 cm³/mol. The van der Waals surface area contributed by atoms with Crippen LogP contribution in [0.4, 0.5) is 0 Å².